The van der Waals surface area contributed by atoms with Crippen molar-refractivity contribution in [3.05, 3.63) is 59.1 Å². The number of benzene rings is 2. The van der Waals surface area contributed by atoms with Crippen LogP contribution in [0, 0.1) is 5.82 Å². The summed E-state index contributed by atoms with van der Waals surface area (Å²) in [7, 11) is 0. The molecule has 2 N–H and O–H groups in total. The maximum atomic E-state index is 14.6. The van der Waals surface area contributed by atoms with Crippen molar-refractivity contribution in [3.8, 4) is 0 Å². The summed E-state index contributed by atoms with van der Waals surface area (Å²) in [6, 6.07) is 10.1. The maximum Gasteiger partial charge on any atom is 0.240 e. The van der Waals surface area contributed by atoms with E-state index in [1.807, 2.05) is 28.5 Å². The monoisotopic (exact) mass is 499 g/mol. The van der Waals surface area contributed by atoms with Crippen molar-refractivity contribution in [2.45, 2.75) is 44.3 Å². The molecule has 1 amide bonds. The molecule has 7 nitrogen and oxygen atoms in total. The fourth-order valence-electron chi connectivity index (χ4n) is 5.31. The van der Waals surface area contributed by atoms with Gasteiger partial charge >= 0.3 is 0 Å². The molecule has 2 unspecified atom stereocenters. The first-order chi connectivity index (χ1) is 17.0. The molecule has 0 spiro atoms. The van der Waals surface area contributed by atoms with Crippen LogP contribution in [0.1, 0.15) is 37.8 Å². The van der Waals surface area contributed by atoms with Gasteiger partial charge in [-0.25, -0.2) is 9.37 Å². The molecule has 2 aliphatic rings. The number of hydrogen-bond donors (Lipinski definition) is 2. The Morgan fingerprint density at radius 3 is 2.86 bits per heavy atom. The Hall–Kier alpha value is -2.68. The number of fused-ring (bicyclic) bond motifs is 1. The zero-order valence-corrected chi connectivity index (χ0v) is 20.6. The maximum absolute atomic E-state index is 14.6. The smallest absolute Gasteiger partial charge is 0.240 e. The topological polar surface area (TPSA) is 73.6 Å². The SMILES string of the molecule is CC(c1ccc(Cl)cc1F)n1cnc2ccc(N3CCN(C(=O)[C@H]4CCCCN4)C(CO)C3)cc21. The van der Waals surface area contributed by atoms with Crippen LogP contribution in [-0.4, -0.2) is 70.3 Å². The first kappa shape index (κ1) is 24.0. The fourth-order valence-corrected chi connectivity index (χ4v) is 5.47. The minimum Gasteiger partial charge on any atom is -0.394 e. The molecule has 186 valence electrons. The van der Waals surface area contributed by atoms with E-state index < -0.39 is 0 Å². The van der Waals surface area contributed by atoms with Crippen LogP contribution in [0.2, 0.25) is 5.02 Å². The van der Waals surface area contributed by atoms with E-state index in [2.05, 4.69) is 21.3 Å². The number of piperazine rings is 1. The highest BCUT2D eigenvalue weighted by atomic mass is 35.5. The molecule has 2 aliphatic heterocycles. The number of carbonyl (C=O) groups is 1. The van der Waals surface area contributed by atoms with Gasteiger partial charge < -0.3 is 24.8 Å². The molecule has 1 aromatic heterocycles. The van der Waals surface area contributed by atoms with E-state index in [4.69, 9.17) is 11.6 Å². The Bertz CT molecular complexity index is 1210. The van der Waals surface area contributed by atoms with E-state index in [1.54, 1.807) is 18.5 Å². The van der Waals surface area contributed by atoms with Crippen LogP contribution in [0.5, 0.6) is 0 Å². The van der Waals surface area contributed by atoms with Gasteiger partial charge in [0.2, 0.25) is 5.91 Å². The second-order valence-electron chi connectivity index (χ2n) is 9.48. The van der Waals surface area contributed by atoms with E-state index in [0.717, 1.165) is 42.5 Å². The number of nitrogens with one attached hydrogen (secondary N) is 1. The summed E-state index contributed by atoms with van der Waals surface area (Å²) in [6.07, 6.45) is 4.74. The zero-order valence-electron chi connectivity index (χ0n) is 19.8. The highest BCUT2D eigenvalue weighted by Crippen LogP contribution is 2.30. The second kappa shape index (κ2) is 10.1. The third-order valence-electron chi connectivity index (χ3n) is 7.34. The number of hydrogen-bond acceptors (Lipinski definition) is 5. The van der Waals surface area contributed by atoms with Crippen LogP contribution in [0.15, 0.2) is 42.7 Å². The average molecular weight is 500 g/mol. The number of halogens is 2. The van der Waals surface area contributed by atoms with Crippen molar-refractivity contribution in [1.29, 1.82) is 0 Å². The summed E-state index contributed by atoms with van der Waals surface area (Å²) in [5.74, 6) is -0.252. The predicted molar refractivity (Wildman–Crippen MR) is 135 cm³/mol. The van der Waals surface area contributed by atoms with Gasteiger partial charge in [0.1, 0.15) is 5.82 Å². The molecule has 2 aromatic carbocycles. The standard InChI is InChI=1S/C26H31ClFN5O2/c1-17(21-7-5-18(27)12-22(21)28)33-16-30-23-8-6-19(13-25(23)33)31-10-11-32(20(14-31)15-34)26(35)24-4-2-3-9-29-24/h5-8,12-13,16-17,20,24,29,34H,2-4,9-11,14-15H2,1H3/t17?,20?,24-/m1/s1. The normalized spacial score (nSPS) is 21.9. The Labute approximate surface area is 209 Å². The number of amides is 1. The lowest BCUT2D eigenvalue weighted by atomic mass is 10.0. The summed E-state index contributed by atoms with van der Waals surface area (Å²) >= 11 is 5.94. The van der Waals surface area contributed by atoms with Crippen LogP contribution in [0.25, 0.3) is 11.0 Å². The highest BCUT2D eigenvalue weighted by Gasteiger charge is 2.34. The van der Waals surface area contributed by atoms with Crippen molar-refractivity contribution < 1.29 is 14.3 Å². The molecule has 3 heterocycles. The van der Waals surface area contributed by atoms with Crippen LogP contribution >= 0.6 is 11.6 Å². The van der Waals surface area contributed by atoms with E-state index >= 15 is 0 Å². The lowest BCUT2D eigenvalue weighted by molar-refractivity contribution is -0.137. The van der Waals surface area contributed by atoms with E-state index in [1.165, 1.54) is 6.07 Å². The van der Waals surface area contributed by atoms with Crippen LogP contribution in [0.4, 0.5) is 10.1 Å². The van der Waals surface area contributed by atoms with Gasteiger partial charge in [-0.1, -0.05) is 24.1 Å². The van der Waals surface area contributed by atoms with E-state index in [9.17, 15) is 14.3 Å². The summed E-state index contributed by atoms with van der Waals surface area (Å²) in [5, 5.41) is 13.8. The highest BCUT2D eigenvalue weighted by molar-refractivity contribution is 6.30. The molecule has 5 rings (SSSR count). The third-order valence-corrected chi connectivity index (χ3v) is 7.57. The molecular weight excluding hydrogens is 469 g/mol. The molecule has 3 aromatic rings. The number of nitrogens with zero attached hydrogens (tertiary/aromatic N) is 4. The lowest BCUT2D eigenvalue weighted by Gasteiger charge is -2.43. The summed E-state index contributed by atoms with van der Waals surface area (Å²) in [5.41, 5.74) is 3.26. The Kier molecular flexibility index (Phi) is 6.95. The van der Waals surface area contributed by atoms with Crippen LogP contribution < -0.4 is 10.2 Å². The Morgan fingerprint density at radius 2 is 2.11 bits per heavy atom. The van der Waals surface area contributed by atoms with Crippen molar-refractivity contribution in [3.63, 3.8) is 0 Å². The fraction of sp³-hybridized carbons (Fsp3) is 0.462. The molecule has 0 saturated carbocycles. The number of piperidine rings is 1. The molecule has 2 saturated heterocycles. The van der Waals surface area contributed by atoms with Crippen molar-refractivity contribution in [2.75, 3.05) is 37.7 Å². The van der Waals surface area contributed by atoms with Gasteiger partial charge in [-0.3, -0.25) is 4.79 Å². The van der Waals surface area contributed by atoms with Gasteiger partial charge in [0.05, 0.1) is 42.1 Å². The number of carbonyl (C=O) groups excluding carboxylic acids is 1. The lowest BCUT2D eigenvalue weighted by Crippen LogP contribution is -2.60. The number of imidazole rings is 1. The predicted octanol–water partition coefficient (Wildman–Crippen LogP) is 3.59. The second-order valence-corrected chi connectivity index (χ2v) is 9.92. The molecule has 35 heavy (non-hydrogen) atoms. The minimum absolute atomic E-state index is 0.0813. The first-order valence-corrected chi connectivity index (χ1v) is 12.6. The molecule has 9 heteroatoms. The zero-order chi connectivity index (χ0) is 24.5. The summed E-state index contributed by atoms with van der Waals surface area (Å²) in [6.45, 7) is 4.51. The Balaban J connectivity index is 1.37. The van der Waals surface area contributed by atoms with Crippen LogP contribution in [0.3, 0.4) is 0 Å². The van der Waals surface area contributed by atoms with Crippen LogP contribution in [-0.2, 0) is 4.79 Å². The summed E-state index contributed by atoms with van der Waals surface area (Å²) in [4.78, 5) is 21.6. The molecule has 2 fully saturated rings. The number of aliphatic hydroxyl groups excluding tert-OH is 1. The first-order valence-electron chi connectivity index (χ1n) is 12.3. The average Bonchev–Trinajstić information content (AvgIpc) is 3.31. The number of aliphatic hydroxyl groups is 1. The third kappa shape index (κ3) is 4.75. The molecule has 0 aliphatic carbocycles. The number of rotatable bonds is 5. The molecule has 3 atom stereocenters. The van der Waals surface area contributed by atoms with Gasteiger partial charge in [0.25, 0.3) is 0 Å². The quantitative estimate of drug-likeness (QED) is 0.561. The van der Waals surface area contributed by atoms with Crippen molar-refractivity contribution >= 4 is 34.2 Å². The largest absolute Gasteiger partial charge is 0.394 e. The van der Waals surface area contributed by atoms with Gasteiger partial charge in [0.15, 0.2) is 0 Å². The van der Waals surface area contributed by atoms with Crippen molar-refractivity contribution in [2.24, 2.45) is 0 Å². The minimum atomic E-state index is -0.345. The van der Waals surface area contributed by atoms with Gasteiger partial charge in [0, 0.05) is 35.9 Å². The van der Waals surface area contributed by atoms with Crippen molar-refractivity contribution in [1.82, 2.24) is 19.8 Å². The van der Waals surface area contributed by atoms with E-state index in [0.29, 0.717) is 30.2 Å². The molecule has 0 radical (unpaired) electrons. The molecular formula is C26H31ClFN5O2. The van der Waals surface area contributed by atoms with E-state index in [-0.39, 0.29) is 36.5 Å². The Morgan fingerprint density at radius 1 is 1.26 bits per heavy atom. The van der Waals surface area contributed by atoms with Gasteiger partial charge in [-0.15, -0.1) is 0 Å². The molecule has 0 bridgehead atoms. The number of aromatic nitrogens is 2. The number of anilines is 1. The van der Waals surface area contributed by atoms with Gasteiger partial charge in [-0.2, -0.15) is 0 Å². The van der Waals surface area contributed by atoms with Gasteiger partial charge in [-0.05, 0) is 56.6 Å². The summed E-state index contributed by atoms with van der Waals surface area (Å²) < 4.78 is 16.6.